The van der Waals surface area contributed by atoms with Gasteiger partial charge in [0.2, 0.25) is 0 Å². The molecule has 0 aromatic heterocycles. The second-order valence-electron chi connectivity index (χ2n) is 6.60. The Bertz CT molecular complexity index is 510. The third-order valence-electron chi connectivity index (χ3n) is 5.00. The van der Waals surface area contributed by atoms with Gasteiger partial charge in [-0.1, -0.05) is 32.0 Å². The van der Waals surface area contributed by atoms with Crippen molar-refractivity contribution in [1.82, 2.24) is 0 Å². The molecule has 0 N–H and O–H groups in total. The molecule has 2 heterocycles. The summed E-state index contributed by atoms with van der Waals surface area (Å²) in [6.45, 7) is 6.45. The van der Waals surface area contributed by atoms with E-state index in [-0.39, 0.29) is 23.3 Å². The van der Waals surface area contributed by atoms with Crippen LogP contribution in [-0.4, -0.2) is 23.3 Å². The molecule has 0 spiro atoms. The highest BCUT2D eigenvalue weighted by Gasteiger charge is 2.61. The van der Waals surface area contributed by atoms with E-state index in [4.69, 9.17) is 9.47 Å². The predicted octanol–water partition coefficient (Wildman–Crippen LogP) is 3.58. The van der Waals surface area contributed by atoms with Crippen molar-refractivity contribution in [3.8, 4) is 0 Å². The number of esters is 1. The van der Waals surface area contributed by atoms with Gasteiger partial charge in [0.25, 0.3) is 0 Å². The average molecular weight is 274 g/mol. The molecule has 2 saturated heterocycles. The van der Waals surface area contributed by atoms with Crippen molar-refractivity contribution >= 4 is 5.97 Å². The minimum absolute atomic E-state index is 0.101. The van der Waals surface area contributed by atoms with Gasteiger partial charge < -0.3 is 9.47 Å². The van der Waals surface area contributed by atoms with Crippen LogP contribution < -0.4 is 0 Å². The molecule has 0 radical (unpaired) electrons. The zero-order valence-electron chi connectivity index (χ0n) is 12.4. The van der Waals surface area contributed by atoms with Crippen LogP contribution in [0.15, 0.2) is 30.3 Å². The van der Waals surface area contributed by atoms with E-state index >= 15 is 0 Å². The van der Waals surface area contributed by atoms with Crippen molar-refractivity contribution in [2.45, 2.75) is 57.3 Å². The van der Waals surface area contributed by atoms with Crippen molar-refractivity contribution in [2.75, 3.05) is 0 Å². The number of carbonyl (C=O) groups is 1. The summed E-state index contributed by atoms with van der Waals surface area (Å²) >= 11 is 0. The Labute approximate surface area is 120 Å². The summed E-state index contributed by atoms with van der Waals surface area (Å²) in [5, 5.41) is 0. The first-order valence-electron chi connectivity index (χ1n) is 7.41. The van der Waals surface area contributed by atoms with Gasteiger partial charge in [-0.3, -0.25) is 0 Å². The van der Waals surface area contributed by atoms with Crippen molar-refractivity contribution in [3.05, 3.63) is 35.9 Å². The van der Waals surface area contributed by atoms with Gasteiger partial charge in [-0.2, -0.15) is 0 Å². The molecule has 2 fully saturated rings. The number of fused-ring (bicyclic) bond motifs is 2. The van der Waals surface area contributed by atoms with E-state index in [1.54, 1.807) is 12.1 Å². The Morgan fingerprint density at radius 3 is 2.60 bits per heavy atom. The highest BCUT2D eigenvalue weighted by atomic mass is 16.6. The lowest BCUT2D eigenvalue weighted by molar-refractivity contribution is -0.0836. The number of rotatable bonds is 3. The molecule has 0 aliphatic carbocycles. The van der Waals surface area contributed by atoms with Gasteiger partial charge >= 0.3 is 5.97 Å². The maximum Gasteiger partial charge on any atom is 0.338 e. The van der Waals surface area contributed by atoms with Crippen molar-refractivity contribution in [1.29, 1.82) is 0 Å². The summed E-state index contributed by atoms with van der Waals surface area (Å²) in [6, 6.07) is 9.18. The third kappa shape index (κ3) is 2.05. The Morgan fingerprint density at radius 2 is 2.00 bits per heavy atom. The summed E-state index contributed by atoms with van der Waals surface area (Å²) in [5.41, 5.74) is 0.197. The maximum absolute atomic E-state index is 12.2. The van der Waals surface area contributed by atoms with Crippen LogP contribution in [0.1, 0.15) is 50.4 Å². The molecule has 0 amide bonds. The highest BCUT2D eigenvalue weighted by Crippen LogP contribution is 2.55. The van der Waals surface area contributed by atoms with Gasteiger partial charge in [-0.05, 0) is 37.8 Å². The number of benzene rings is 1. The van der Waals surface area contributed by atoms with E-state index in [9.17, 15) is 4.79 Å². The normalized spacial score (nSPS) is 35.5. The SMILES string of the molecule is CC(C)C12CCC(C)(O1)C(OC(=O)c1ccccc1)C2. The largest absolute Gasteiger partial charge is 0.456 e. The number of carbonyl (C=O) groups excluding carboxylic acids is 1. The quantitative estimate of drug-likeness (QED) is 0.790. The summed E-state index contributed by atoms with van der Waals surface area (Å²) in [4.78, 5) is 12.2. The van der Waals surface area contributed by atoms with E-state index in [0.29, 0.717) is 11.5 Å². The van der Waals surface area contributed by atoms with Crippen LogP contribution in [-0.2, 0) is 9.47 Å². The molecule has 2 aliphatic heterocycles. The molecule has 3 nitrogen and oxygen atoms in total. The van der Waals surface area contributed by atoms with E-state index in [1.165, 1.54) is 0 Å². The highest BCUT2D eigenvalue weighted by molar-refractivity contribution is 5.89. The molecular formula is C17H22O3. The zero-order valence-corrected chi connectivity index (χ0v) is 12.4. The first-order chi connectivity index (χ1) is 9.45. The monoisotopic (exact) mass is 274 g/mol. The van der Waals surface area contributed by atoms with E-state index in [1.807, 2.05) is 18.2 Å². The van der Waals surface area contributed by atoms with Crippen LogP contribution in [0.4, 0.5) is 0 Å². The maximum atomic E-state index is 12.2. The lowest BCUT2D eigenvalue weighted by Gasteiger charge is -2.31. The van der Waals surface area contributed by atoms with Gasteiger partial charge in [-0.15, -0.1) is 0 Å². The number of hydrogen-bond donors (Lipinski definition) is 0. The summed E-state index contributed by atoms with van der Waals surface area (Å²) in [6.07, 6.45) is 2.73. The molecule has 20 heavy (non-hydrogen) atoms. The van der Waals surface area contributed by atoms with Crippen LogP contribution >= 0.6 is 0 Å². The summed E-state index contributed by atoms with van der Waals surface area (Å²) in [7, 11) is 0. The fourth-order valence-electron chi connectivity index (χ4n) is 3.51. The molecular weight excluding hydrogens is 252 g/mol. The van der Waals surface area contributed by atoms with Gasteiger partial charge in [0.05, 0.1) is 11.2 Å². The fourth-order valence-corrected chi connectivity index (χ4v) is 3.51. The lowest BCUT2D eigenvalue weighted by Crippen LogP contribution is -2.39. The summed E-state index contributed by atoms with van der Waals surface area (Å²) in [5.74, 6) is 0.205. The van der Waals surface area contributed by atoms with Crippen LogP contribution in [0, 0.1) is 5.92 Å². The van der Waals surface area contributed by atoms with Gasteiger partial charge in [0.15, 0.2) is 0 Å². The molecule has 3 heteroatoms. The Kier molecular flexibility index (Phi) is 3.13. The topological polar surface area (TPSA) is 35.5 Å². The van der Waals surface area contributed by atoms with Crippen LogP contribution in [0.3, 0.4) is 0 Å². The van der Waals surface area contributed by atoms with Gasteiger partial charge in [0.1, 0.15) is 11.7 Å². The number of ether oxygens (including phenoxy) is 2. The molecule has 3 unspecified atom stereocenters. The van der Waals surface area contributed by atoms with Crippen LogP contribution in [0.5, 0.6) is 0 Å². The van der Waals surface area contributed by atoms with Crippen molar-refractivity contribution in [2.24, 2.45) is 5.92 Å². The second-order valence-corrected chi connectivity index (χ2v) is 6.60. The molecule has 2 aliphatic rings. The van der Waals surface area contributed by atoms with E-state index in [0.717, 1.165) is 19.3 Å². The molecule has 3 rings (SSSR count). The first-order valence-corrected chi connectivity index (χ1v) is 7.41. The standard InChI is InChI=1S/C17H22O3/c1-12(2)17-10-9-16(3,20-17)14(11-17)19-15(18)13-7-5-4-6-8-13/h4-8,12,14H,9-11H2,1-3H3. The fraction of sp³-hybridized carbons (Fsp3) is 0.588. The molecule has 1 aromatic rings. The van der Waals surface area contributed by atoms with Crippen LogP contribution in [0.25, 0.3) is 0 Å². The van der Waals surface area contributed by atoms with Crippen LogP contribution in [0.2, 0.25) is 0 Å². The lowest BCUT2D eigenvalue weighted by atomic mass is 9.75. The minimum Gasteiger partial charge on any atom is -0.456 e. The van der Waals surface area contributed by atoms with E-state index in [2.05, 4.69) is 20.8 Å². The first kappa shape index (κ1) is 13.6. The predicted molar refractivity (Wildman–Crippen MR) is 76.6 cm³/mol. The van der Waals surface area contributed by atoms with Crippen molar-refractivity contribution < 1.29 is 14.3 Å². The molecule has 1 aromatic carbocycles. The Balaban J connectivity index is 1.75. The average Bonchev–Trinajstić information content (AvgIpc) is 2.92. The molecule has 0 saturated carbocycles. The minimum atomic E-state index is -0.311. The summed E-state index contributed by atoms with van der Waals surface area (Å²) < 4.78 is 12.0. The van der Waals surface area contributed by atoms with Gasteiger partial charge in [-0.25, -0.2) is 4.79 Å². The zero-order chi connectivity index (χ0) is 14.4. The third-order valence-corrected chi connectivity index (χ3v) is 5.00. The van der Waals surface area contributed by atoms with E-state index < -0.39 is 0 Å². The molecule has 2 bridgehead atoms. The molecule has 108 valence electrons. The van der Waals surface area contributed by atoms with Crippen molar-refractivity contribution in [3.63, 3.8) is 0 Å². The number of hydrogen-bond acceptors (Lipinski definition) is 3. The Morgan fingerprint density at radius 1 is 1.30 bits per heavy atom. The Hall–Kier alpha value is -1.35. The smallest absolute Gasteiger partial charge is 0.338 e. The van der Waals surface area contributed by atoms with Gasteiger partial charge in [0, 0.05) is 6.42 Å². The molecule has 3 atom stereocenters. The second kappa shape index (κ2) is 4.59.